The van der Waals surface area contributed by atoms with Gasteiger partial charge in [0.15, 0.2) is 0 Å². The lowest BCUT2D eigenvalue weighted by atomic mass is 9.80. The smallest absolute Gasteiger partial charge is 0.261 e. The molecule has 0 saturated carbocycles. The average molecular weight is 374 g/mol. The molecule has 3 N–H and O–H groups in total. The minimum absolute atomic E-state index is 0.0113. The zero-order chi connectivity index (χ0) is 19.5. The number of H-pyrrole nitrogens is 1. The van der Waals surface area contributed by atoms with Gasteiger partial charge in [0, 0.05) is 18.2 Å². The molecule has 0 fully saturated rings. The number of aryl methyl sites for hydroxylation is 1. The Morgan fingerprint density at radius 2 is 1.79 bits per heavy atom. The molecule has 3 aromatic rings. The molecule has 0 saturated heterocycles. The standard InChI is InChI=1S/C23H22N2O3/c26-14-17-11-10-15-6-4-5-9-18(15)21(17)25-23(28)19-12-13-20(24-22(19)27)16-7-2-1-3-8-16/h1-9,12-13,17,21,26H,10-11,14H2,(H,24,27)(H,25,28)/t17-,21+/m0/s1. The van der Waals surface area contributed by atoms with Crippen LogP contribution in [0.25, 0.3) is 11.3 Å². The molecule has 2 aromatic carbocycles. The van der Waals surface area contributed by atoms with Crippen molar-refractivity contribution >= 4 is 5.91 Å². The summed E-state index contributed by atoms with van der Waals surface area (Å²) in [5.41, 5.74) is 3.37. The van der Waals surface area contributed by atoms with Gasteiger partial charge in [0.05, 0.1) is 6.04 Å². The molecule has 0 radical (unpaired) electrons. The molecule has 5 nitrogen and oxygen atoms in total. The molecule has 0 aliphatic heterocycles. The van der Waals surface area contributed by atoms with Crippen molar-refractivity contribution in [2.45, 2.75) is 18.9 Å². The second kappa shape index (κ2) is 7.82. The first-order valence-corrected chi connectivity index (χ1v) is 9.45. The number of aromatic amines is 1. The van der Waals surface area contributed by atoms with E-state index in [4.69, 9.17) is 0 Å². The van der Waals surface area contributed by atoms with Gasteiger partial charge in [0.25, 0.3) is 11.5 Å². The molecule has 0 unspecified atom stereocenters. The van der Waals surface area contributed by atoms with Crippen molar-refractivity contribution in [3.05, 3.63) is 93.8 Å². The van der Waals surface area contributed by atoms with E-state index in [1.807, 2.05) is 54.6 Å². The van der Waals surface area contributed by atoms with Crippen LogP contribution >= 0.6 is 0 Å². The van der Waals surface area contributed by atoms with E-state index in [2.05, 4.69) is 10.3 Å². The van der Waals surface area contributed by atoms with E-state index in [1.54, 1.807) is 12.1 Å². The van der Waals surface area contributed by atoms with Crippen LogP contribution < -0.4 is 10.9 Å². The molecule has 142 valence electrons. The van der Waals surface area contributed by atoms with Crippen molar-refractivity contribution in [1.29, 1.82) is 0 Å². The highest BCUT2D eigenvalue weighted by molar-refractivity contribution is 5.94. The lowest BCUT2D eigenvalue weighted by Gasteiger charge is -2.33. The third-order valence-corrected chi connectivity index (χ3v) is 5.41. The number of carbonyl (C=O) groups is 1. The molecule has 0 bridgehead atoms. The van der Waals surface area contributed by atoms with Gasteiger partial charge in [-0.2, -0.15) is 0 Å². The fourth-order valence-electron chi connectivity index (χ4n) is 3.88. The van der Waals surface area contributed by atoms with Gasteiger partial charge in [-0.05, 0) is 41.7 Å². The number of hydrogen-bond acceptors (Lipinski definition) is 3. The molecular weight excluding hydrogens is 352 g/mol. The van der Waals surface area contributed by atoms with Gasteiger partial charge < -0.3 is 15.4 Å². The maximum Gasteiger partial charge on any atom is 0.261 e. The molecule has 0 spiro atoms. The van der Waals surface area contributed by atoms with Crippen LogP contribution in [0, 0.1) is 5.92 Å². The number of aliphatic hydroxyl groups excluding tert-OH is 1. The average Bonchev–Trinajstić information content (AvgIpc) is 2.74. The Kier molecular flexibility index (Phi) is 5.08. The SMILES string of the molecule is O=C(N[C@H]1c2ccccc2CC[C@H]1CO)c1ccc(-c2ccccc2)[nH]c1=O. The van der Waals surface area contributed by atoms with Crippen LogP contribution in [0.1, 0.15) is 33.9 Å². The number of pyridine rings is 1. The van der Waals surface area contributed by atoms with Crippen LogP contribution in [0.4, 0.5) is 0 Å². The van der Waals surface area contributed by atoms with Crippen molar-refractivity contribution in [3.63, 3.8) is 0 Å². The van der Waals surface area contributed by atoms with Crippen LogP contribution in [0.5, 0.6) is 0 Å². The predicted octanol–water partition coefficient (Wildman–Crippen LogP) is 3.07. The number of amides is 1. The van der Waals surface area contributed by atoms with Crippen LogP contribution in [0.15, 0.2) is 71.5 Å². The topological polar surface area (TPSA) is 82.2 Å². The van der Waals surface area contributed by atoms with Gasteiger partial charge in [-0.15, -0.1) is 0 Å². The first-order valence-electron chi connectivity index (χ1n) is 9.45. The highest BCUT2D eigenvalue weighted by Gasteiger charge is 2.30. The number of fused-ring (bicyclic) bond motifs is 1. The molecule has 1 aliphatic rings. The van der Waals surface area contributed by atoms with Gasteiger partial charge in [-0.25, -0.2) is 0 Å². The summed E-state index contributed by atoms with van der Waals surface area (Å²) < 4.78 is 0. The summed E-state index contributed by atoms with van der Waals surface area (Å²) in [6, 6.07) is 20.4. The Morgan fingerprint density at radius 3 is 2.54 bits per heavy atom. The second-order valence-electron chi connectivity index (χ2n) is 7.11. The Bertz CT molecular complexity index is 1040. The zero-order valence-corrected chi connectivity index (χ0v) is 15.4. The van der Waals surface area contributed by atoms with Gasteiger partial charge in [0.2, 0.25) is 0 Å². The summed E-state index contributed by atoms with van der Waals surface area (Å²) in [6.07, 6.45) is 1.67. The molecule has 5 heteroatoms. The first-order chi connectivity index (χ1) is 13.7. The van der Waals surface area contributed by atoms with Crippen molar-refractivity contribution in [2.75, 3.05) is 6.61 Å². The van der Waals surface area contributed by atoms with E-state index < -0.39 is 11.5 Å². The number of nitrogens with one attached hydrogen (secondary N) is 2. The lowest BCUT2D eigenvalue weighted by Crippen LogP contribution is -2.39. The minimum Gasteiger partial charge on any atom is -0.396 e. The zero-order valence-electron chi connectivity index (χ0n) is 15.4. The quantitative estimate of drug-likeness (QED) is 0.656. The van der Waals surface area contributed by atoms with E-state index in [0.717, 1.165) is 24.0 Å². The molecule has 4 rings (SSSR count). The van der Waals surface area contributed by atoms with Gasteiger partial charge >= 0.3 is 0 Å². The molecule has 2 atom stereocenters. The van der Waals surface area contributed by atoms with Gasteiger partial charge in [-0.3, -0.25) is 9.59 Å². The van der Waals surface area contributed by atoms with E-state index in [-0.39, 0.29) is 24.1 Å². The number of hydrogen-bond donors (Lipinski definition) is 3. The summed E-state index contributed by atoms with van der Waals surface area (Å²) in [5, 5.41) is 12.7. The van der Waals surface area contributed by atoms with Crippen LogP contribution in [-0.2, 0) is 6.42 Å². The Labute approximate surface area is 163 Å². The van der Waals surface area contributed by atoms with Crippen LogP contribution in [0.2, 0.25) is 0 Å². The predicted molar refractivity (Wildman–Crippen MR) is 108 cm³/mol. The number of aliphatic hydroxyl groups is 1. The highest BCUT2D eigenvalue weighted by Crippen LogP contribution is 2.34. The molecule has 1 amide bonds. The van der Waals surface area contributed by atoms with E-state index in [1.165, 1.54) is 5.56 Å². The monoisotopic (exact) mass is 374 g/mol. The normalized spacial score (nSPS) is 18.3. The van der Waals surface area contributed by atoms with Gasteiger partial charge in [-0.1, -0.05) is 54.6 Å². The molecule has 1 heterocycles. The lowest BCUT2D eigenvalue weighted by molar-refractivity contribution is 0.0891. The van der Waals surface area contributed by atoms with E-state index >= 15 is 0 Å². The highest BCUT2D eigenvalue weighted by atomic mass is 16.3. The van der Waals surface area contributed by atoms with Crippen LogP contribution in [0.3, 0.4) is 0 Å². The number of rotatable bonds is 4. The molecular formula is C23H22N2O3. The molecule has 1 aromatic heterocycles. The number of benzene rings is 2. The summed E-state index contributed by atoms with van der Waals surface area (Å²) in [4.78, 5) is 28.2. The second-order valence-corrected chi connectivity index (χ2v) is 7.11. The Morgan fingerprint density at radius 1 is 1.04 bits per heavy atom. The summed E-state index contributed by atoms with van der Waals surface area (Å²) in [7, 11) is 0. The van der Waals surface area contributed by atoms with Gasteiger partial charge in [0.1, 0.15) is 5.56 Å². The third kappa shape index (κ3) is 3.49. The Hall–Kier alpha value is -3.18. The van der Waals surface area contributed by atoms with E-state index in [0.29, 0.717) is 5.69 Å². The Balaban J connectivity index is 1.61. The first kappa shape index (κ1) is 18.2. The maximum absolute atomic E-state index is 12.8. The van der Waals surface area contributed by atoms with E-state index in [9.17, 15) is 14.7 Å². The maximum atomic E-state index is 12.8. The minimum atomic E-state index is -0.430. The summed E-state index contributed by atoms with van der Waals surface area (Å²) >= 11 is 0. The largest absolute Gasteiger partial charge is 0.396 e. The number of aromatic nitrogens is 1. The van der Waals surface area contributed by atoms with Crippen molar-refractivity contribution in [1.82, 2.24) is 10.3 Å². The van der Waals surface area contributed by atoms with Crippen LogP contribution in [-0.4, -0.2) is 22.6 Å². The number of carbonyl (C=O) groups excluding carboxylic acids is 1. The molecule has 1 aliphatic carbocycles. The van der Waals surface area contributed by atoms with Crippen molar-refractivity contribution in [3.8, 4) is 11.3 Å². The fraction of sp³-hybridized carbons (Fsp3) is 0.217. The third-order valence-electron chi connectivity index (χ3n) is 5.41. The summed E-state index contributed by atoms with van der Waals surface area (Å²) in [5.74, 6) is -0.498. The summed E-state index contributed by atoms with van der Waals surface area (Å²) in [6.45, 7) is -0.0113. The van der Waals surface area contributed by atoms with Crippen molar-refractivity contribution < 1.29 is 9.90 Å². The molecule has 28 heavy (non-hydrogen) atoms. The fourth-order valence-corrected chi connectivity index (χ4v) is 3.88. The van der Waals surface area contributed by atoms with Crippen molar-refractivity contribution in [2.24, 2.45) is 5.92 Å².